The van der Waals surface area contributed by atoms with Crippen LogP contribution >= 0.6 is 11.3 Å². The molecule has 0 aliphatic carbocycles. The Labute approximate surface area is 103 Å². The highest BCUT2D eigenvalue weighted by Gasteiger charge is 2.09. The molecule has 17 heavy (non-hydrogen) atoms. The normalized spacial score (nSPS) is 10.2. The quantitative estimate of drug-likeness (QED) is 0.873. The molecule has 2 N–H and O–H groups in total. The van der Waals surface area contributed by atoms with Gasteiger partial charge in [0, 0.05) is 18.7 Å². The number of methoxy groups -OCH3 is 1. The summed E-state index contributed by atoms with van der Waals surface area (Å²) >= 11 is 1.64. The molecule has 2 heterocycles. The van der Waals surface area contributed by atoms with E-state index in [4.69, 9.17) is 0 Å². The lowest BCUT2D eigenvalue weighted by molar-refractivity contribution is 0.171. The molecule has 2 rings (SSSR count). The van der Waals surface area contributed by atoms with Crippen molar-refractivity contribution in [2.75, 3.05) is 13.7 Å². The minimum absolute atomic E-state index is 0.415. The van der Waals surface area contributed by atoms with Crippen LogP contribution in [-0.2, 0) is 11.2 Å². The van der Waals surface area contributed by atoms with Crippen LogP contribution in [0, 0.1) is 0 Å². The van der Waals surface area contributed by atoms with E-state index in [0.717, 1.165) is 16.3 Å². The fraction of sp³-hybridized carbons (Fsp3) is 0.273. The van der Waals surface area contributed by atoms with Gasteiger partial charge >= 0.3 is 6.09 Å². The molecule has 0 spiro atoms. The number of imidazole rings is 1. The van der Waals surface area contributed by atoms with E-state index < -0.39 is 6.09 Å². The van der Waals surface area contributed by atoms with Gasteiger partial charge in [-0.1, -0.05) is 6.07 Å². The predicted molar refractivity (Wildman–Crippen MR) is 66.0 cm³/mol. The standard InChI is InChI=1S/C11H13N3O2S/c1-16-11(15)12-5-4-8-10(14-7-13-8)9-3-2-6-17-9/h2-3,6-7H,4-5H2,1H3,(H,12,15)(H,13,14). The molecule has 90 valence electrons. The maximum Gasteiger partial charge on any atom is 0.406 e. The lowest BCUT2D eigenvalue weighted by atomic mass is 10.2. The van der Waals surface area contributed by atoms with Crippen LogP contribution in [0.5, 0.6) is 0 Å². The summed E-state index contributed by atoms with van der Waals surface area (Å²) in [5.74, 6) is 0. The van der Waals surface area contributed by atoms with Gasteiger partial charge in [-0.3, -0.25) is 0 Å². The average Bonchev–Trinajstić information content (AvgIpc) is 2.98. The fourth-order valence-electron chi connectivity index (χ4n) is 1.50. The number of aromatic nitrogens is 2. The third kappa shape index (κ3) is 2.85. The fourth-order valence-corrected chi connectivity index (χ4v) is 2.25. The van der Waals surface area contributed by atoms with Crippen molar-refractivity contribution in [1.82, 2.24) is 15.3 Å². The van der Waals surface area contributed by atoms with Crippen LogP contribution in [0.3, 0.4) is 0 Å². The summed E-state index contributed by atoms with van der Waals surface area (Å²) in [5, 5.41) is 4.65. The topological polar surface area (TPSA) is 67.0 Å². The molecule has 0 aromatic carbocycles. The van der Waals surface area contributed by atoms with Gasteiger partial charge in [0.25, 0.3) is 0 Å². The minimum atomic E-state index is -0.415. The Balaban J connectivity index is 1.98. The third-order valence-electron chi connectivity index (χ3n) is 2.30. The summed E-state index contributed by atoms with van der Waals surface area (Å²) in [6.07, 6.45) is 1.95. The Hall–Kier alpha value is -1.82. The van der Waals surface area contributed by atoms with E-state index in [1.54, 1.807) is 17.7 Å². The first-order valence-electron chi connectivity index (χ1n) is 5.19. The van der Waals surface area contributed by atoms with Crippen molar-refractivity contribution in [2.24, 2.45) is 0 Å². The second-order valence-corrected chi connectivity index (χ2v) is 4.32. The van der Waals surface area contributed by atoms with Crippen molar-refractivity contribution in [3.05, 3.63) is 29.5 Å². The van der Waals surface area contributed by atoms with Gasteiger partial charge in [0.2, 0.25) is 0 Å². The van der Waals surface area contributed by atoms with Gasteiger partial charge in [-0.05, 0) is 11.4 Å². The molecule has 0 saturated carbocycles. The van der Waals surface area contributed by atoms with Crippen LogP contribution in [0.25, 0.3) is 10.6 Å². The molecule has 0 fully saturated rings. The summed E-state index contributed by atoms with van der Waals surface area (Å²) < 4.78 is 4.50. The van der Waals surface area contributed by atoms with Crippen molar-refractivity contribution < 1.29 is 9.53 Å². The second kappa shape index (κ2) is 5.49. The van der Waals surface area contributed by atoms with Gasteiger partial charge in [0.15, 0.2) is 0 Å². The number of H-pyrrole nitrogens is 1. The number of rotatable bonds is 4. The van der Waals surface area contributed by atoms with Crippen molar-refractivity contribution >= 4 is 17.4 Å². The molecule has 2 aromatic rings. The largest absolute Gasteiger partial charge is 0.453 e. The molecule has 0 aliphatic heterocycles. The van der Waals surface area contributed by atoms with E-state index in [1.165, 1.54) is 7.11 Å². The number of alkyl carbamates (subject to hydrolysis) is 1. The summed E-state index contributed by atoms with van der Waals surface area (Å²) in [6.45, 7) is 0.521. The van der Waals surface area contributed by atoms with Gasteiger partial charge in [-0.2, -0.15) is 0 Å². The lowest BCUT2D eigenvalue weighted by Crippen LogP contribution is -2.25. The number of hydrogen-bond donors (Lipinski definition) is 2. The van der Waals surface area contributed by atoms with E-state index in [0.29, 0.717) is 13.0 Å². The Kier molecular flexibility index (Phi) is 3.77. The highest BCUT2D eigenvalue weighted by atomic mass is 32.1. The minimum Gasteiger partial charge on any atom is -0.453 e. The zero-order chi connectivity index (χ0) is 12.1. The molecule has 0 atom stereocenters. The monoisotopic (exact) mass is 251 g/mol. The van der Waals surface area contributed by atoms with Crippen molar-refractivity contribution in [3.63, 3.8) is 0 Å². The predicted octanol–water partition coefficient (Wildman–Crippen LogP) is 2.04. The smallest absolute Gasteiger partial charge is 0.406 e. The summed E-state index contributed by atoms with van der Waals surface area (Å²) in [7, 11) is 1.35. The Bertz CT molecular complexity index is 479. The molecule has 0 saturated heterocycles. The number of thiophene rings is 1. The van der Waals surface area contributed by atoms with E-state index in [9.17, 15) is 4.79 Å². The third-order valence-corrected chi connectivity index (χ3v) is 3.18. The zero-order valence-corrected chi connectivity index (χ0v) is 10.2. The molecular formula is C11H13N3O2S. The van der Waals surface area contributed by atoms with E-state index in [2.05, 4.69) is 20.0 Å². The number of nitrogens with one attached hydrogen (secondary N) is 2. The van der Waals surface area contributed by atoms with Crippen LogP contribution < -0.4 is 5.32 Å². The average molecular weight is 251 g/mol. The highest BCUT2D eigenvalue weighted by Crippen LogP contribution is 2.25. The van der Waals surface area contributed by atoms with Gasteiger partial charge < -0.3 is 15.0 Å². The van der Waals surface area contributed by atoms with Gasteiger partial charge in [-0.15, -0.1) is 11.3 Å². The molecule has 0 unspecified atom stereocenters. The number of ether oxygens (including phenoxy) is 1. The van der Waals surface area contributed by atoms with Crippen LogP contribution in [0.1, 0.15) is 5.69 Å². The van der Waals surface area contributed by atoms with E-state index in [-0.39, 0.29) is 0 Å². The molecule has 6 heteroatoms. The molecule has 0 radical (unpaired) electrons. The number of carbonyl (C=O) groups is 1. The Morgan fingerprint density at radius 1 is 1.65 bits per heavy atom. The molecular weight excluding hydrogens is 238 g/mol. The van der Waals surface area contributed by atoms with Crippen LogP contribution in [0.4, 0.5) is 4.79 Å². The summed E-state index contributed by atoms with van der Waals surface area (Å²) in [6, 6.07) is 4.02. The van der Waals surface area contributed by atoms with Crippen LogP contribution in [-0.4, -0.2) is 29.7 Å². The first-order valence-corrected chi connectivity index (χ1v) is 6.07. The van der Waals surface area contributed by atoms with Crippen molar-refractivity contribution in [3.8, 4) is 10.6 Å². The van der Waals surface area contributed by atoms with Gasteiger partial charge in [-0.25, -0.2) is 9.78 Å². The zero-order valence-electron chi connectivity index (χ0n) is 9.40. The highest BCUT2D eigenvalue weighted by molar-refractivity contribution is 7.13. The van der Waals surface area contributed by atoms with Crippen molar-refractivity contribution in [2.45, 2.75) is 6.42 Å². The van der Waals surface area contributed by atoms with Crippen molar-refractivity contribution in [1.29, 1.82) is 0 Å². The van der Waals surface area contributed by atoms with Crippen LogP contribution in [0.2, 0.25) is 0 Å². The molecule has 5 nitrogen and oxygen atoms in total. The summed E-state index contributed by atoms with van der Waals surface area (Å²) in [4.78, 5) is 19.4. The number of aromatic amines is 1. The number of nitrogens with zero attached hydrogens (tertiary/aromatic N) is 1. The summed E-state index contributed by atoms with van der Waals surface area (Å²) in [5.41, 5.74) is 1.97. The first kappa shape index (κ1) is 11.7. The van der Waals surface area contributed by atoms with Gasteiger partial charge in [0.1, 0.15) is 5.69 Å². The lowest BCUT2D eigenvalue weighted by Gasteiger charge is -2.03. The maximum absolute atomic E-state index is 10.9. The molecule has 2 aromatic heterocycles. The number of amides is 1. The number of carbonyl (C=O) groups excluding carboxylic acids is 1. The van der Waals surface area contributed by atoms with E-state index >= 15 is 0 Å². The second-order valence-electron chi connectivity index (χ2n) is 3.38. The number of hydrogen-bond acceptors (Lipinski definition) is 4. The first-order chi connectivity index (χ1) is 8.31. The van der Waals surface area contributed by atoms with Gasteiger partial charge in [0.05, 0.1) is 18.3 Å². The molecule has 0 bridgehead atoms. The Morgan fingerprint density at radius 2 is 2.53 bits per heavy atom. The molecule has 0 aliphatic rings. The molecule has 1 amide bonds. The maximum atomic E-state index is 10.9. The Morgan fingerprint density at radius 3 is 3.24 bits per heavy atom. The van der Waals surface area contributed by atoms with Crippen LogP contribution in [0.15, 0.2) is 23.8 Å². The van der Waals surface area contributed by atoms with E-state index in [1.807, 2.05) is 17.5 Å². The SMILES string of the molecule is COC(=O)NCCc1[nH]cnc1-c1cccs1.